The van der Waals surface area contributed by atoms with E-state index >= 15 is 0 Å². The molecule has 34 heavy (non-hydrogen) atoms. The topological polar surface area (TPSA) is 80.8 Å². The summed E-state index contributed by atoms with van der Waals surface area (Å²) in [5.74, 6) is -0.497. The van der Waals surface area contributed by atoms with E-state index in [9.17, 15) is 18.0 Å². The van der Waals surface area contributed by atoms with Crippen LogP contribution in [0.4, 0.5) is 4.79 Å². The molecule has 1 heterocycles. The standard InChI is InChI=1S/C23H14BrCl2NO5S2/c24-18-4-2-1-3-15(18)13-27-22(28)21(33-23(27)29)12-14-5-10-20(19(26)11-14)32-34(30,31)17-8-6-16(25)7-9-17/h1-12H,13H2/b21-12-. The molecular formula is C23H14BrCl2NO5S2. The second-order valence-corrected chi connectivity index (χ2v) is 11.3. The smallest absolute Gasteiger partial charge is 0.339 e. The average molecular weight is 599 g/mol. The van der Waals surface area contributed by atoms with Crippen LogP contribution in [-0.2, 0) is 21.5 Å². The highest BCUT2D eigenvalue weighted by molar-refractivity contribution is 9.10. The van der Waals surface area contributed by atoms with Gasteiger partial charge in [-0.05, 0) is 71.4 Å². The Bertz CT molecular complexity index is 1430. The Morgan fingerprint density at radius 3 is 2.38 bits per heavy atom. The van der Waals surface area contributed by atoms with Crippen LogP contribution < -0.4 is 4.18 Å². The monoisotopic (exact) mass is 597 g/mol. The lowest BCUT2D eigenvalue weighted by Gasteiger charge is -2.13. The second-order valence-electron chi connectivity index (χ2n) is 7.04. The number of halogens is 3. The first-order valence-electron chi connectivity index (χ1n) is 9.62. The zero-order chi connectivity index (χ0) is 24.5. The van der Waals surface area contributed by atoms with Crippen molar-refractivity contribution >= 4 is 78.2 Å². The largest absolute Gasteiger partial charge is 0.377 e. The molecule has 0 saturated carbocycles. The molecule has 0 N–H and O–H groups in total. The molecule has 174 valence electrons. The van der Waals surface area contributed by atoms with E-state index in [2.05, 4.69) is 15.9 Å². The summed E-state index contributed by atoms with van der Waals surface area (Å²) < 4.78 is 30.9. The van der Waals surface area contributed by atoms with Crippen LogP contribution in [0.2, 0.25) is 10.0 Å². The van der Waals surface area contributed by atoms with Crippen LogP contribution in [-0.4, -0.2) is 24.5 Å². The van der Waals surface area contributed by atoms with E-state index in [1.807, 2.05) is 24.3 Å². The first-order chi connectivity index (χ1) is 16.1. The normalized spacial score (nSPS) is 15.3. The number of thioether (sulfide) groups is 1. The fraction of sp³-hybridized carbons (Fsp3) is 0.0435. The SMILES string of the molecule is O=C1S/C(=C\c2ccc(OS(=O)(=O)c3ccc(Cl)cc3)c(Cl)c2)C(=O)N1Cc1ccccc1Br. The number of carbonyl (C=O) groups is 2. The molecule has 0 bridgehead atoms. The summed E-state index contributed by atoms with van der Waals surface area (Å²) in [6, 6.07) is 17.2. The number of imide groups is 1. The number of nitrogens with zero attached hydrogens (tertiary/aromatic N) is 1. The van der Waals surface area contributed by atoms with Gasteiger partial charge in [-0.1, -0.05) is 63.4 Å². The third kappa shape index (κ3) is 5.50. The molecule has 11 heteroatoms. The Kier molecular flexibility index (Phi) is 7.39. The Labute approximate surface area is 218 Å². The average Bonchev–Trinajstić information content (AvgIpc) is 3.04. The van der Waals surface area contributed by atoms with Gasteiger partial charge in [0.05, 0.1) is 16.5 Å². The zero-order valence-electron chi connectivity index (χ0n) is 17.1. The maximum atomic E-state index is 12.8. The van der Waals surface area contributed by atoms with Gasteiger partial charge in [-0.2, -0.15) is 8.42 Å². The number of rotatable bonds is 6. The molecule has 1 aliphatic rings. The van der Waals surface area contributed by atoms with Crippen molar-refractivity contribution in [2.24, 2.45) is 0 Å². The molecule has 6 nitrogen and oxygen atoms in total. The third-order valence-electron chi connectivity index (χ3n) is 4.72. The number of hydrogen-bond acceptors (Lipinski definition) is 6. The van der Waals surface area contributed by atoms with Crippen molar-refractivity contribution in [3.8, 4) is 5.75 Å². The molecule has 3 aromatic carbocycles. The quantitative estimate of drug-likeness (QED) is 0.230. The highest BCUT2D eigenvalue weighted by Crippen LogP contribution is 2.36. The van der Waals surface area contributed by atoms with Gasteiger partial charge in [-0.25, -0.2) is 0 Å². The summed E-state index contributed by atoms with van der Waals surface area (Å²) in [5.41, 5.74) is 1.31. The van der Waals surface area contributed by atoms with Crippen LogP contribution in [0.25, 0.3) is 6.08 Å². The Balaban J connectivity index is 1.52. The Morgan fingerprint density at radius 2 is 1.71 bits per heavy atom. The highest BCUT2D eigenvalue weighted by atomic mass is 79.9. The minimum Gasteiger partial charge on any atom is -0.377 e. The molecule has 0 unspecified atom stereocenters. The third-order valence-corrected chi connectivity index (χ3v) is 8.19. The minimum atomic E-state index is -4.12. The Hall–Kier alpha value is -2.30. The van der Waals surface area contributed by atoms with Gasteiger partial charge in [0.1, 0.15) is 4.90 Å². The molecule has 2 amide bonds. The van der Waals surface area contributed by atoms with Gasteiger partial charge in [0.15, 0.2) is 5.75 Å². The number of hydrogen-bond donors (Lipinski definition) is 0. The number of amides is 2. The predicted molar refractivity (Wildman–Crippen MR) is 136 cm³/mol. The predicted octanol–water partition coefficient (Wildman–Crippen LogP) is 6.76. The van der Waals surface area contributed by atoms with E-state index in [1.165, 1.54) is 42.5 Å². The fourth-order valence-corrected chi connectivity index (χ4v) is 5.62. The summed E-state index contributed by atoms with van der Waals surface area (Å²) in [5, 5.41) is 0.0352. The van der Waals surface area contributed by atoms with Crippen molar-refractivity contribution in [3.63, 3.8) is 0 Å². The molecule has 1 saturated heterocycles. The second kappa shape index (κ2) is 10.1. The molecule has 1 aliphatic heterocycles. The number of carbonyl (C=O) groups excluding carboxylic acids is 2. The van der Waals surface area contributed by atoms with Crippen molar-refractivity contribution in [2.45, 2.75) is 11.4 Å². The van der Waals surface area contributed by atoms with E-state index in [-0.39, 0.29) is 32.4 Å². The van der Waals surface area contributed by atoms with E-state index in [0.717, 1.165) is 26.7 Å². The first kappa shape index (κ1) is 24.8. The van der Waals surface area contributed by atoms with E-state index in [0.29, 0.717) is 10.6 Å². The van der Waals surface area contributed by atoms with Crippen LogP contribution in [0.3, 0.4) is 0 Å². The van der Waals surface area contributed by atoms with E-state index < -0.39 is 16.0 Å². The van der Waals surface area contributed by atoms with Crippen molar-refractivity contribution in [1.29, 1.82) is 0 Å². The van der Waals surface area contributed by atoms with Crippen molar-refractivity contribution in [3.05, 3.63) is 97.3 Å². The number of benzene rings is 3. The molecular weight excluding hydrogens is 585 g/mol. The molecule has 0 spiro atoms. The lowest BCUT2D eigenvalue weighted by Crippen LogP contribution is -2.27. The van der Waals surface area contributed by atoms with Gasteiger partial charge in [0.2, 0.25) is 0 Å². The summed E-state index contributed by atoms with van der Waals surface area (Å²) in [6.07, 6.45) is 1.52. The molecule has 3 aromatic rings. The molecule has 0 aliphatic carbocycles. The van der Waals surface area contributed by atoms with Gasteiger partial charge >= 0.3 is 10.1 Å². The van der Waals surface area contributed by atoms with Crippen LogP contribution >= 0.6 is 50.9 Å². The van der Waals surface area contributed by atoms with Gasteiger partial charge in [0.25, 0.3) is 11.1 Å². The van der Waals surface area contributed by atoms with Crippen LogP contribution in [0.1, 0.15) is 11.1 Å². The summed E-state index contributed by atoms with van der Waals surface area (Å²) >= 11 is 16.3. The van der Waals surface area contributed by atoms with Crippen LogP contribution in [0, 0.1) is 0 Å². The van der Waals surface area contributed by atoms with Crippen molar-refractivity contribution in [2.75, 3.05) is 0 Å². The highest BCUT2D eigenvalue weighted by Gasteiger charge is 2.35. The zero-order valence-corrected chi connectivity index (χ0v) is 21.8. The molecule has 1 fully saturated rings. The molecule has 0 radical (unpaired) electrons. The van der Waals surface area contributed by atoms with Gasteiger partial charge < -0.3 is 4.18 Å². The van der Waals surface area contributed by atoms with Gasteiger partial charge in [0, 0.05) is 9.50 Å². The lowest BCUT2D eigenvalue weighted by molar-refractivity contribution is -0.123. The van der Waals surface area contributed by atoms with Crippen molar-refractivity contribution < 1.29 is 22.2 Å². The maximum Gasteiger partial charge on any atom is 0.339 e. The van der Waals surface area contributed by atoms with Crippen LogP contribution in [0.15, 0.2) is 81.0 Å². The maximum absolute atomic E-state index is 12.8. The molecule has 0 atom stereocenters. The summed E-state index contributed by atoms with van der Waals surface area (Å²) in [4.78, 5) is 26.6. The lowest BCUT2D eigenvalue weighted by atomic mass is 10.2. The molecule has 4 rings (SSSR count). The first-order valence-corrected chi connectivity index (χ1v) is 13.4. The van der Waals surface area contributed by atoms with Gasteiger partial charge in [-0.15, -0.1) is 0 Å². The Morgan fingerprint density at radius 1 is 1.00 bits per heavy atom. The molecule has 0 aromatic heterocycles. The van der Waals surface area contributed by atoms with E-state index in [1.54, 1.807) is 6.07 Å². The summed E-state index contributed by atoms with van der Waals surface area (Å²) in [7, 11) is -4.12. The van der Waals surface area contributed by atoms with Crippen molar-refractivity contribution in [1.82, 2.24) is 4.90 Å². The summed E-state index contributed by atoms with van der Waals surface area (Å²) in [6.45, 7) is 0.138. The van der Waals surface area contributed by atoms with Crippen LogP contribution in [0.5, 0.6) is 5.75 Å². The minimum absolute atomic E-state index is 0.0266. The van der Waals surface area contributed by atoms with E-state index in [4.69, 9.17) is 27.4 Å². The fourth-order valence-electron chi connectivity index (χ4n) is 3.03. The van der Waals surface area contributed by atoms with Gasteiger partial charge in [-0.3, -0.25) is 14.5 Å².